The first-order valence-electron chi connectivity index (χ1n) is 9.29. The van der Waals surface area contributed by atoms with Crippen molar-refractivity contribution in [3.63, 3.8) is 0 Å². The van der Waals surface area contributed by atoms with E-state index in [1.165, 1.54) is 4.90 Å². The fourth-order valence-electron chi connectivity index (χ4n) is 4.23. The second-order valence-corrected chi connectivity index (χ2v) is 8.98. The van der Waals surface area contributed by atoms with Crippen LogP contribution in [-0.4, -0.2) is 59.9 Å². The van der Waals surface area contributed by atoms with Gasteiger partial charge in [0.25, 0.3) is 0 Å². The molecule has 5 nitrogen and oxygen atoms in total. The average molecular weight is 387 g/mol. The number of likely N-dealkylation sites (tertiary alicyclic amines) is 1. The van der Waals surface area contributed by atoms with Gasteiger partial charge in [0.2, 0.25) is 0 Å². The predicted octanol–water partition coefficient (Wildman–Crippen LogP) is 1.69. The highest BCUT2D eigenvalue weighted by molar-refractivity contribution is 6.30. The van der Waals surface area contributed by atoms with Gasteiger partial charge in [-0.1, -0.05) is 11.6 Å². The number of nitrogens with one attached hydrogen (secondary N) is 1. The monoisotopic (exact) mass is 386 g/mol. The summed E-state index contributed by atoms with van der Waals surface area (Å²) in [7, 11) is 0. The molecule has 1 saturated heterocycles. The van der Waals surface area contributed by atoms with Crippen LogP contribution >= 0.6 is 11.6 Å². The van der Waals surface area contributed by atoms with Gasteiger partial charge >= 0.3 is 0 Å². The molecule has 0 radical (unpaired) electrons. The fourth-order valence-corrected chi connectivity index (χ4v) is 4.35. The maximum Gasteiger partial charge on any atom is 0.126 e. The molecule has 1 aromatic carbocycles. The Morgan fingerprint density at radius 2 is 1.69 bits per heavy atom. The number of rotatable bonds is 8. The molecule has 0 bridgehead atoms. The van der Waals surface area contributed by atoms with Crippen molar-refractivity contribution in [3.8, 4) is 5.75 Å². The molecule has 0 amide bonds. The van der Waals surface area contributed by atoms with Crippen LogP contribution < -0.4 is 9.64 Å². The molecule has 1 atom stereocenters. The Morgan fingerprint density at radius 1 is 1.12 bits per heavy atom. The minimum Gasteiger partial charge on any atom is -0.491 e. The van der Waals surface area contributed by atoms with Gasteiger partial charge in [-0.05, 0) is 52.0 Å². The summed E-state index contributed by atoms with van der Waals surface area (Å²) in [5, 5.41) is 21.2. The lowest BCUT2D eigenvalue weighted by Crippen LogP contribution is -3.27. The Balaban J connectivity index is 1.72. The van der Waals surface area contributed by atoms with E-state index in [0.29, 0.717) is 24.8 Å². The van der Waals surface area contributed by atoms with Gasteiger partial charge in [0.1, 0.15) is 25.0 Å². The third-order valence-corrected chi connectivity index (χ3v) is 5.44. The maximum atomic E-state index is 10.4. The fraction of sp³-hybridized carbons (Fsp3) is 0.700. The summed E-state index contributed by atoms with van der Waals surface area (Å²) >= 11 is 5.83. The molecule has 1 aromatic rings. The van der Waals surface area contributed by atoms with Crippen molar-refractivity contribution in [1.82, 2.24) is 0 Å². The molecule has 148 valence electrons. The molecule has 26 heavy (non-hydrogen) atoms. The van der Waals surface area contributed by atoms with Gasteiger partial charge in [-0.15, -0.1) is 0 Å². The van der Waals surface area contributed by atoms with Gasteiger partial charge in [-0.2, -0.15) is 0 Å². The van der Waals surface area contributed by atoms with Crippen LogP contribution in [0.4, 0.5) is 0 Å². The van der Waals surface area contributed by atoms with Gasteiger partial charge in [0.15, 0.2) is 0 Å². The summed E-state index contributed by atoms with van der Waals surface area (Å²) < 4.78 is 11.1. The summed E-state index contributed by atoms with van der Waals surface area (Å²) in [5.74, 6) is 0.748. The molecule has 0 saturated carbocycles. The molecule has 1 aliphatic heterocycles. The Kier molecular flexibility index (Phi) is 7.34. The normalized spacial score (nSPS) is 25.7. The van der Waals surface area contributed by atoms with Crippen LogP contribution in [0.25, 0.3) is 0 Å². The van der Waals surface area contributed by atoms with E-state index in [1.54, 1.807) is 12.1 Å². The van der Waals surface area contributed by atoms with Gasteiger partial charge in [0, 0.05) is 17.9 Å². The van der Waals surface area contributed by atoms with E-state index in [4.69, 9.17) is 21.1 Å². The lowest BCUT2D eigenvalue weighted by atomic mass is 9.78. The number of hydrogen-bond acceptors (Lipinski definition) is 4. The maximum absolute atomic E-state index is 10.4. The lowest BCUT2D eigenvalue weighted by molar-refractivity contribution is -1.00. The van der Waals surface area contributed by atoms with Crippen LogP contribution in [0, 0.1) is 0 Å². The highest BCUT2D eigenvalue weighted by Gasteiger charge is 2.49. The van der Waals surface area contributed by atoms with E-state index in [1.807, 2.05) is 12.1 Å². The molecule has 1 aliphatic rings. The zero-order valence-electron chi connectivity index (χ0n) is 16.3. The molecule has 3 N–H and O–H groups in total. The second-order valence-electron chi connectivity index (χ2n) is 8.54. The first-order chi connectivity index (χ1) is 12.1. The Bertz CT molecular complexity index is 543. The molecule has 0 aliphatic carbocycles. The number of quaternary nitrogens is 1. The Morgan fingerprint density at radius 3 is 2.27 bits per heavy atom. The largest absolute Gasteiger partial charge is 0.491 e. The first kappa shape index (κ1) is 21.5. The summed E-state index contributed by atoms with van der Waals surface area (Å²) in [6.07, 6.45) is 0.666. The highest BCUT2D eigenvalue weighted by atomic mass is 35.5. The number of hydrogen-bond donors (Lipinski definition) is 3. The molecule has 2 rings (SSSR count). The Labute approximate surface area is 161 Å². The summed E-state index contributed by atoms with van der Waals surface area (Å²) in [4.78, 5) is 1.31. The van der Waals surface area contributed by atoms with Crippen LogP contribution in [0.2, 0.25) is 5.02 Å². The van der Waals surface area contributed by atoms with Gasteiger partial charge in [0.05, 0.1) is 30.4 Å². The molecule has 0 spiro atoms. The average Bonchev–Trinajstić information content (AvgIpc) is 2.51. The molecule has 0 aromatic heterocycles. The van der Waals surface area contributed by atoms with E-state index in [2.05, 4.69) is 27.7 Å². The minimum absolute atomic E-state index is 0.0835. The number of benzene rings is 1. The minimum atomic E-state index is -0.547. The Hall–Kier alpha value is -0.850. The van der Waals surface area contributed by atoms with E-state index < -0.39 is 6.10 Å². The van der Waals surface area contributed by atoms with Crippen molar-refractivity contribution in [3.05, 3.63) is 29.3 Å². The topological polar surface area (TPSA) is 63.4 Å². The third kappa shape index (κ3) is 6.10. The van der Waals surface area contributed by atoms with Crippen LogP contribution in [0.15, 0.2) is 24.3 Å². The number of aliphatic hydroxyl groups excluding tert-OH is 2. The van der Waals surface area contributed by atoms with Crippen molar-refractivity contribution in [2.24, 2.45) is 0 Å². The number of halogens is 1. The quantitative estimate of drug-likeness (QED) is 0.595. The van der Waals surface area contributed by atoms with Crippen molar-refractivity contribution in [2.75, 3.05) is 26.4 Å². The third-order valence-electron chi connectivity index (χ3n) is 5.19. The number of piperidine rings is 1. The van der Waals surface area contributed by atoms with Crippen molar-refractivity contribution in [1.29, 1.82) is 0 Å². The number of ether oxygens (including phenoxy) is 2. The smallest absolute Gasteiger partial charge is 0.126 e. The van der Waals surface area contributed by atoms with Crippen LogP contribution in [0.5, 0.6) is 5.75 Å². The summed E-state index contributed by atoms with van der Waals surface area (Å²) in [5.41, 5.74) is -0.167. The zero-order chi connectivity index (χ0) is 19.4. The van der Waals surface area contributed by atoms with Crippen LogP contribution in [0.3, 0.4) is 0 Å². The molecule has 1 fully saturated rings. The van der Waals surface area contributed by atoms with Crippen molar-refractivity contribution in [2.45, 2.75) is 63.8 Å². The lowest BCUT2D eigenvalue weighted by Gasteiger charge is -2.51. The predicted molar refractivity (Wildman–Crippen MR) is 103 cm³/mol. The van der Waals surface area contributed by atoms with Crippen molar-refractivity contribution >= 4 is 11.6 Å². The van der Waals surface area contributed by atoms with E-state index in [9.17, 15) is 10.2 Å². The SMILES string of the molecule is CC1(C)CC(O)CC(C)(C)[NH+]1C[C@H](O)COCCOc1ccc(Cl)cc1. The summed E-state index contributed by atoms with van der Waals surface area (Å²) in [6, 6.07) is 7.19. The second kappa shape index (κ2) is 8.89. The first-order valence-corrected chi connectivity index (χ1v) is 9.67. The molecule has 0 unspecified atom stereocenters. The molecule has 6 heteroatoms. The van der Waals surface area contributed by atoms with E-state index in [0.717, 1.165) is 18.6 Å². The van der Waals surface area contributed by atoms with E-state index in [-0.39, 0.29) is 23.8 Å². The molecular formula is C20H33ClNO4+. The number of aliphatic hydroxyl groups is 2. The molecular weight excluding hydrogens is 354 g/mol. The van der Waals surface area contributed by atoms with Gasteiger partial charge < -0.3 is 24.6 Å². The van der Waals surface area contributed by atoms with Crippen LogP contribution in [0.1, 0.15) is 40.5 Å². The highest BCUT2D eigenvalue weighted by Crippen LogP contribution is 2.23. The molecule has 1 heterocycles. The van der Waals surface area contributed by atoms with Crippen LogP contribution in [-0.2, 0) is 4.74 Å². The van der Waals surface area contributed by atoms with E-state index >= 15 is 0 Å². The zero-order valence-corrected chi connectivity index (χ0v) is 17.1. The van der Waals surface area contributed by atoms with Crippen molar-refractivity contribution < 1.29 is 24.6 Å². The standard InChI is InChI=1S/C20H32ClNO4/c1-19(2)11-16(23)12-20(3,4)22(19)13-17(24)14-25-9-10-26-18-7-5-15(21)6-8-18/h5-8,16-17,23-24H,9-14H2,1-4H3/p+1/t17-/m0/s1. The van der Waals surface area contributed by atoms with Gasteiger partial charge in [-0.3, -0.25) is 0 Å². The van der Waals surface area contributed by atoms with Gasteiger partial charge in [-0.25, -0.2) is 0 Å². The summed E-state index contributed by atoms with van der Waals surface area (Å²) in [6.45, 7) is 10.3.